The van der Waals surface area contributed by atoms with Crippen LogP contribution in [0.5, 0.6) is 0 Å². The third-order valence-electron chi connectivity index (χ3n) is 2.32. The molecule has 0 amide bonds. The first-order chi connectivity index (χ1) is 7.70. The Morgan fingerprint density at radius 2 is 2.00 bits per heavy atom. The first-order valence-electron chi connectivity index (χ1n) is 4.72. The van der Waals surface area contributed by atoms with E-state index in [0.717, 1.165) is 4.88 Å². The zero-order valence-electron chi connectivity index (χ0n) is 8.37. The minimum absolute atomic E-state index is 0.0726. The molecule has 0 aliphatic carbocycles. The summed E-state index contributed by atoms with van der Waals surface area (Å²) < 4.78 is 0. The predicted molar refractivity (Wildman–Crippen MR) is 63.4 cm³/mol. The number of rotatable bonds is 3. The summed E-state index contributed by atoms with van der Waals surface area (Å²) in [6.07, 6.45) is 0. The molecule has 0 aliphatic rings. The second-order valence-electron chi connectivity index (χ2n) is 3.31. The summed E-state index contributed by atoms with van der Waals surface area (Å²) in [5.41, 5.74) is 6.63. The number of nitrogens with two attached hydrogens (primary N) is 1. The molecular weight excluding hydrogens is 224 g/mol. The van der Waals surface area contributed by atoms with Crippen LogP contribution in [0, 0.1) is 10.1 Å². The summed E-state index contributed by atoms with van der Waals surface area (Å²) in [6, 6.07) is 9.91. The van der Waals surface area contributed by atoms with E-state index in [1.165, 1.54) is 17.4 Å². The zero-order chi connectivity index (χ0) is 11.5. The number of hydrogen-bond donors (Lipinski definition) is 1. The van der Waals surface area contributed by atoms with Crippen molar-refractivity contribution >= 4 is 17.0 Å². The van der Waals surface area contributed by atoms with Crippen LogP contribution >= 0.6 is 11.3 Å². The number of para-hydroxylation sites is 1. The third-order valence-corrected chi connectivity index (χ3v) is 3.27. The highest BCUT2D eigenvalue weighted by molar-refractivity contribution is 7.10. The topological polar surface area (TPSA) is 69.2 Å². The quantitative estimate of drug-likeness (QED) is 0.655. The molecule has 1 aromatic heterocycles. The van der Waals surface area contributed by atoms with E-state index in [4.69, 9.17) is 5.73 Å². The van der Waals surface area contributed by atoms with Gasteiger partial charge in [-0.1, -0.05) is 24.3 Å². The molecule has 1 aromatic carbocycles. The molecule has 0 aliphatic heterocycles. The van der Waals surface area contributed by atoms with Crippen LogP contribution in [0.4, 0.5) is 5.69 Å². The van der Waals surface area contributed by atoms with Gasteiger partial charge in [0.1, 0.15) is 0 Å². The summed E-state index contributed by atoms with van der Waals surface area (Å²) in [5.74, 6) is 0. The number of nitro groups is 1. The van der Waals surface area contributed by atoms with Gasteiger partial charge >= 0.3 is 0 Å². The number of hydrogen-bond acceptors (Lipinski definition) is 4. The second-order valence-corrected chi connectivity index (χ2v) is 4.29. The number of thiophene rings is 1. The van der Waals surface area contributed by atoms with Gasteiger partial charge in [0.05, 0.1) is 16.5 Å². The molecule has 4 nitrogen and oxygen atoms in total. The monoisotopic (exact) mass is 234 g/mol. The van der Waals surface area contributed by atoms with Crippen LogP contribution < -0.4 is 5.73 Å². The first-order valence-corrected chi connectivity index (χ1v) is 5.60. The Morgan fingerprint density at radius 1 is 1.25 bits per heavy atom. The molecule has 1 heterocycles. The molecule has 0 bridgehead atoms. The van der Waals surface area contributed by atoms with Gasteiger partial charge in [0.25, 0.3) is 5.69 Å². The fraction of sp³-hybridized carbons (Fsp3) is 0.0909. The van der Waals surface area contributed by atoms with E-state index >= 15 is 0 Å². The third kappa shape index (κ3) is 1.95. The van der Waals surface area contributed by atoms with Crippen molar-refractivity contribution in [1.29, 1.82) is 0 Å². The van der Waals surface area contributed by atoms with Crippen LogP contribution in [0.1, 0.15) is 16.5 Å². The Bertz CT molecular complexity index is 496. The molecule has 2 rings (SSSR count). The highest BCUT2D eigenvalue weighted by atomic mass is 32.1. The van der Waals surface area contributed by atoms with Crippen molar-refractivity contribution in [1.82, 2.24) is 0 Å². The van der Waals surface area contributed by atoms with Crippen LogP contribution in [-0.4, -0.2) is 4.92 Å². The lowest BCUT2D eigenvalue weighted by atomic mass is 10.0. The van der Waals surface area contributed by atoms with Gasteiger partial charge in [0.15, 0.2) is 0 Å². The summed E-state index contributed by atoms with van der Waals surface area (Å²) in [7, 11) is 0. The summed E-state index contributed by atoms with van der Waals surface area (Å²) in [5, 5.41) is 12.8. The lowest BCUT2D eigenvalue weighted by Crippen LogP contribution is -2.12. The molecule has 0 saturated carbocycles. The van der Waals surface area contributed by atoms with Crippen molar-refractivity contribution < 1.29 is 4.92 Å². The molecule has 82 valence electrons. The van der Waals surface area contributed by atoms with Gasteiger partial charge in [-0.2, -0.15) is 0 Å². The van der Waals surface area contributed by atoms with Crippen LogP contribution in [-0.2, 0) is 0 Å². The van der Waals surface area contributed by atoms with E-state index < -0.39 is 11.0 Å². The van der Waals surface area contributed by atoms with Crippen LogP contribution in [0.2, 0.25) is 0 Å². The standard InChI is InChI=1S/C11H10N2O2S/c12-11(10-6-3-7-16-10)8-4-1-2-5-9(8)13(14)15/h1-7,11H,12H2/t11-/m0/s1. The molecule has 0 fully saturated rings. The molecule has 0 spiro atoms. The molecule has 16 heavy (non-hydrogen) atoms. The lowest BCUT2D eigenvalue weighted by Gasteiger charge is -2.09. The number of nitro benzene ring substituents is 1. The fourth-order valence-electron chi connectivity index (χ4n) is 1.54. The Balaban J connectivity index is 2.44. The molecule has 0 unspecified atom stereocenters. The van der Waals surface area contributed by atoms with Crippen LogP contribution in [0.25, 0.3) is 0 Å². The number of nitrogens with zero attached hydrogens (tertiary/aromatic N) is 1. The minimum Gasteiger partial charge on any atom is -0.319 e. The van der Waals surface area contributed by atoms with Crippen molar-refractivity contribution in [3.63, 3.8) is 0 Å². The smallest absolute Gasteiger partial charge is 0.274 e. The summed E-state index contributed by atoms with van der Waals surface area (Å²) >= 11 is 1.50. The maximum atomic E-state index is 10.8. The molecule has 1 atom stereocenters. The Hall–Kier alpha value is -1.72. The molecule has 0 saturated heterocycles. The van der Waals surface area contributed by atoms with Crippen molar-refractivity contribution in [2.24, 2.45) is 5.73 Å². The molecule has 2 N–H and O–H groups in total. The SMILES string of the molecule is N[C@H](c1cccs1)c1ccccc1[N+](=O)[O-]. The summed E-state index contributed by atoms with van der Waals surface area (Å²) in [4.78, 5) is 11.4. The fourth-order valence-corrected chi connectivity index (χ4v) is 2.28. The Kier molecular flexibility index (Phi) is 2.98. The van der Waals surface area contributed by atoms with E-state index in [9.17, 15) is 10.1 Å². The first kappa shape index (κ1) is 10.8. The molecule has 0 radical (unpaired) electrons. The Morgan fingerprint density at radius 3 is 2.62 bits per heavy atom. The second kappa shape index (κ2) is 4.42. The highest BCUT2D eigenvalue weighted by Crippen LogP contribution is 2.29. The lowest BCUT2D eigenvalue weighted by molar-refractivity contribution is -0.385. The van der Waals surface area contributed by atoms with Gasteiger partial charge in [0, 0.05) is 10.9 Å². The van der Waals surface area contributed by atoms with E-state index in [1.54, 1.807) is 18.2 Å². The van der Waals surface area contributed by atoms with E-state index in [2.05, 4.69) is 0 Å². The van der Waals surface area contributed by atoms with Crippen LogP contribution in [0.15, 0.2) is 41.8 Å². The maximum Gasteiger partial charge on any atom is 0.274 e. The predicted octanol–water partition coefficient (Wildman–Crippen LogP) is 2.70. The molecule has 5 heteroatoms. The Labute approximate surface area is 96.5 Å². The average molecular weight is 234 g/mol. The minimum atomic E-state index is -0.429. The normalized spacial score (nSPS) is 12.3. The number of benzene rings is 1. The van der Waals surface area contributed by atoms with Gasteiger partial charge in [-0.25, -0.2) is 0 Å². The molecule has 2 aromatic rings. The van der Waals surface area contributed by atoms with Gasteiger partial charge < -0.3 is 5.73 Å². The largest absolute Gasteiger partial charge is 0.319 e. The van der Waals surface area contributed by atoms with E-state index in [-0.39, 0.29) is 5.69 Å². The van der Waals surface area contributed by atoms with Crippen LogP contribution in [0.3, 0.4) is 0 Å². The van der Waals surface area contributed by atoms with Crippen molar-refractivity contribution in [2.45, 2.75) is 6.04 Å². The van der Waals surface area contributed by atoms with Gasteiger partial charge in [-0.05, 0) is 11.4 Å². The van der Waals surface area contributed by atoms with Gasteiger partial charge in [-0.15, -0.1) is 11.3 Å². The van der Waals surface area contributed by atoms with E-state index in [1.807, 2.05) is 17.5 Å². The van der Waals surface area contributed by atoms with E-state index in [0.29, 0.717) is 5.56 Å². The van der Waals surface area contributed by atoms with Crippen molar-refractivity contribution in [3.8, 4) is 0 Å². The van der Waals surface area contributed by atoms with Gasteiger partial charge in [0.2, 0.25) is 0 Å². The average Bonchev–Trinajstić information content (AvgIpc) is 2.81. The van der Waals surface area contributed by atoms with Crippen molar-refractivity contribution in [3.05, 3.63) is 62.3 Å². The zero-order valence-corrected chi connectivity index (χ0v) is 9.18. The maximum absolute atomic E-state index is 10.8. The van der Waals surface area contributed by atoms with Gasteiger partial charge in [-0.3, -0.25) is 10.1 Å². The molecular formula is C11H10N2O2S. The van der Waals surface area contributed by atoms with Crippen molar-refractivity contribution in [2.75, 3.05) is 0 Å². The summed E-state index contributed by atoms with van der Waals surface area (Å²) in [6.45, 7) is 0. The highest BCUT2D eigenvalue weighted by Gasteiger charge is 2.20.